The molecular formula is C15H26BrN3O2. The Morgan fingerprint density at radius 1 is 1.24 bits per heavy atom. The van der Waals surface area contributed by atoms with Gasteiger partial charge in [0.2, 0.25) is 0 Å². The maximum atomic E-state index is 5.62. The zero-order valence-electron chi connectivity index (χ0n) is 13.8. The number of hydrogen-bond acceptors (Lipinski definition) is 5. The first-order valence-corrected chi connectivity index (χ1v) is 7.96. The first-order chi connectivity index (χ1) is 9.85. The predicted octanol–water partition coefficient (Wildman–Crippen LogP) is 3.94. The van der Waals surface area contributed by atoms with E-state index < -0.39 is 0 Å². The van der Waals surface area contributed by atoms with Crippen molar-refractivity contribution in [3.05, 3.63) is 16.0 Å². The molecule has 0 radical (unpaired) electrons. The molecule has 0 aliphatic heterocycles. The summed E-state index contributed by atoms with van der Waals surface area (Å²) in [4.78, 5) is 9.26. The van der Waals surface area contributed by atoms with E-state index in [9.17, 15) is 0 Å². The molecule has 0 saturated heterocycles. The lowest BCUT2D eigenvalue weighted by atomic mass is 9.88. The highest BCUT2D eigenvalue weighted by Crippen LogP contribution is 2.36. The third-order valence-electron chi connectivity index (χ3n) is 3.02. The van der Waals surface area contributed by atoms with Gasteiger partial charge in [-0.05, 0) is 27.8 Å². The standard InChI is InChI=1S/C15H26BrN3O2/c1-7-8-17-13-11(16)10(9-20-5)18-14(19-13)12(21-6)15(2,3)4/h12H,7-9H2,1-6H3,(H,17,18,19). The number of nitrogens with one attached hydrogen (secondary N) is 1. The molecular weight excluding hydrogens is 334 g/mol. The van der Waals surface area contributed by atoms with Gasteiger partial charge >= 0.3 is 0 Å². The Bertz CT molecular complexity index is 461. The van der Waals surface area contributed by atoms with Crippen LogP contribution >= 0.6 is 15.9 Å². The van der Waals surface area contributed by atoms with Crippen molar-refractivity contribution in [3.8, 4) is 0 Å². The zero-order valence-corrected chi connectivity index (χ0v) is 15.4. The Hall–Kier alpha value is -0.720. The van der Waals surface area contributed by atoms with Crippen molar-refractivity contribution in [2.24, 2.45) is 5.41 Å². The highest BCUT2D eigenvalue weighted by molar-refractivity contribution is 9.10. The van der Waals surface area contributed by atoms with E-state index in [0.29, 0.717) is 12.4 Å². The largest absolute Gasteiger partial charge is 0.378 e. The second-order valence-electron chi connectivity index (χ2n) is 6.03. The molecule has 5 nitrogen and oxygen atoms in total. The molecule has 1 heterocycles. The quantitative estimate of drug-likeness (QED) is 0.798. The molecule has 0 bridgehead atoms. The van der Waals surface area contributed by atoms with Crippen LogP contribution in [0.4, 0.5) is 5.82 Å². The third-order valence-corrected chi connectivity index (χ3v) is 3.85. The molecule has 0 amide bonds. The second-order valence-corrected chi connectivity index (χ2v) is 6.83. The number of aromatic nitrogens is 2. The molecule has 0 fully saturated rings. The summed E-state index contributed by atoms with van der Waals surface area (Å²) in [6.07, 6.45) is 0.849. The van der Waals surface area contributed by atoms with Gasteiger partial charge in [-0.1, -0.05) is 27.7 Å². The van der Waals surface area contributed by atoms with Gasteiger partial charge in [0.25, 0.3) is 0 Å². The van der Waals surface area contributed by atoms with Crippen LogP contribution in [0.1, 0.15) is 51.7 Å². The third kappa shape index (κ3) is 4.90. The van der Waals surface area contributed by atoms with Crippen molar-refractivity contribution in [2.75, 3.05) is 26.1 Å². The summed E-state index contributed by atoms with van der Waals surface area (Å²) in [5.41, 5.74) is 0.738. The van der Waals surface area contributed by atoms with E-state index in [2.05, 4.69) is 58.9 Å². The van der Waals surface area contributed by atoms with Crippen LogP contribution in [-0.4, -0.2) is 30.7 Å². The van der Waals surface area contributed by atoms with Crippen LogP contribution in [0.5, 0.6) is 0 Å². The van der Waals surface area contributed by atoms with Gasteiger partial charge in [-0.15, -0.1) is 0 Å². The average molecular weight is 360 g/mol. The molecule has 0 aliphatic carbocycles. The lowest BCUT2D eigenvalue weighted by molar-refractivity contribution is 0.00832. The maximum Gasteiger partial charge on any atom is 0.160 e. The minimum atomic E-state index is -0.177. The summed E-state index contributed by atoms with van der Waals surface area (Å²) in [5.74, 6) is 1.47. The van der Waals surface area contributed by atoms with Crippen LogP contribution in [0.15, 0.2) is 4.47 Å². The summed E-state index contributed by atoms with van der Waals surface area (Å²) in [6, 6.07) is 0. The summed E-state index contributed by atoms with van der Waals surface area (Å²) in [5, 5.41) is 3.32. The summed E-state index contributed by atoms with van der Waals surface area (Å²) in [7, 11) is 3.35. The van der Waals surface area contributed by atoms with Crippen LogP contribution in [0.2, 0.25) is 0 Å². The van der Waals surface area contributed by atoms with Gasteiger partial charge in [0, 0.05) is 20.8 Å². The topological polar surface area (TPSA) is 56.3 Å². The predicted molar refractivity (Wildman–Crippen MR) is 88.4 cm³/mol. The molecule has 1 unspecified atom stereocenters. The molecule has 1 aromatic heterocycles. The van der Waals surface area contributed by atoms with Gasteiger partial charge in [-0.2, -0.15) is 0 Å². The highest BCUT2D eigenvalue weighted by atomic mass is 79.9. The first-order valence-electron chi connectivity index (χ1n) is 7.17. The van der Waals surface area contributed by atoms with Crippen LogP contribution in [0.3, 0.4) is 0 Å². The Morgan fingerprint density at radius 3 is 2.38 bits per heavy atom. The number of nitrogens with zero attached hydrogens (tertiary/aromatic N) is 2. The molecule has 120 valence electrons. The molecule has 0 spiro atoms. The number of hydrogen-bond donors (Lipinski definition) is 1. The molecule has 1 atom stereocenters. The van der Waals surface area contributed by atoms with E-state index in [1.165, 1.54) is 0 Å². The van der Waals surface area contributed by atoms with Gasteiger partial charge in [0.15, 0.2) is 5.82 Å². The second kappa shape index (κ2) is 8.06. The fourth-order valence-corrected chi connectivity index (χ4v) is 2.50. The van der Waals surface area contributed by atoms with E-state index in [4.69, 9.17) is 9.47 Å². The molecule has 1 aromatic rings. The van der Waals surface area contributed by atoms with E-state index in [1.54, 1.807) is 14.2 Å². The van der Waals surface area contributed by atoms with E-state index >= 15 is 0 Å². The minimum absolute atomic E-state index is 0.0883. The van der Waals surface area contributed by atoms with Crippen molar-refractivity contribution in [1.82, 2.24) is 9.97 Å². The average Bonchev–Trinajstić information content (AvgIpc) is 2.40. The van der Waals surface area contributed by atoms with Crippen LogP contribution in [-0.2, 0) is 16.1 Å². The van der Waals surface area contributed by atoms with Gasteiger partial charge in [0.1, 0.15) is 11.9 Å². The van der Waals surface area contributed by atoms with Crippen molar-refractivity contribution in [2.45, 2.75) is 46.8 Å². The van der Waals surface area contributed by atoms with Crippen molar-refractivity contribution in [1.29, 1.82) is 0 Å². The number of rotatable bonds is 7. The Labute approximate surface area is 136 Å². The number of halogens is 1. The van der Waals surface area contributed by atoms with Crippen molar-refractivity contribution < 1.29 is 9.47 Å². The Morgan fingerprint density at radius 2 is 1.90 bits per heavy atom. The van der Waals surface area contributed by atoms with Crippen LogP contribution in [0.25, 0.3) is 0 Å². The minimum Gasteiger partial charge on any atom is -0.378 e. The van der Waals surface area contributed by atoms with Crippen molar-refractivity contribution >= 4 is 21.7 Å². The number of ether oxygens (including phenoxy) is 2. The summed E-state index contributed by atoms with van der Waals surface area (Å²) < 4.78 is 11.7. The molecule has 21 heavy (non-hydrogen) atoms. The van der Waals surface area contributed by atoms with E-state index in [1.807, 2.05) is 0 Å². The fraction of sp³-hybridized carbons (Fsp3) is 0.733. The number of anilines is 1. The fourth-order valence-electron chi connectivity index (χ4n) is 2.07. The SMILES string of the molecule is CCCNc1nc(C(OC)C(C)(C)C)nc(COC)c1Br. The summed E-state index contributed by atoms with van der Waals surface area (Å²) in [6.45, 7) is 9.74. The van der Waals surface area contributed by atoms with Gasteiger partial charge in [0.05, 0.1) is 16.8 Å². The Balaban J connectivity index is 3.27. The molecule has 0 saturated carbocycles. The van der Waals surface area contributed by atoms with Gasteiger partial charge in [-0.3, -0.25) is 0 Å². The molecule has 0 aliphatic rings. The van der Waals surface area contributed by atoms with Gasteiger partial charge < -0.3 is 14.8 Å². The highest BCUT2D eigenvalue weighted by Gasteiger charge is 2.30. The summed E-state index contributed by atoms with van der Waals surface area (Å²) >= 11 is 3.56. The van der Waals surface area contributed by atoms with Crippen molar-refractivity contribution in [3.63, 3.8) is 0 Å². The van der Waals surface area contributed by atoms with Crippen LogP contribution in [0, 0.1) is 5.41 Å². The van der Waals surface area contributed by atoms with E-state index in [-0.39, 0.29) is 11.5 Å². The lowest BCUT2D eigenvalue weighted by Gasteiger charge is -2.28. The van der Waals surface area contributed by atoms with Gasteiger partial charge in [-0.25, -0.2) is 9.97 Å². The first kappa shape index (κ1) is 18.3. The van der Waals surface area contributed by atoms with Crippen LogP contribution < -0.4 is 5.32 Å². The number of methoxy groups -OCH3 is 2. The van der Waals surface area contributed by atoms with E-state index in [0.717, 1.165) is 29.0 Å². The smallest absolute Gasteiger partial charge is 0.160 e. The molecule has 6 heteroatoms. The Kier molecular flexibility index (Phi) is 7.03. The lowest BCUT2D eigenvalue weighted by Crippen LogP contribution is -2.24. The zero-order chi connectivity index (χ0) is 16.0. The maximum absolute atomic E-state index is 5.62. The molecule has 0 aromatic carbocycles. The normalized spacial score (nSPS) is 13.3. The molecule has 1 N–H and O–H groups in total. The molecule has 1 rings (SSSR count). The monoisotopic (exact) mass is 359 g/mol.